The van der Waals surface area contributed by atoms with E-state index in [-0.39, 0.29) is 11.9 Å². The van der Waals surface area contributed by atoms with E-state index in [9.17, 15) is 4.79 Å². The molecule has 0 aliphatic heterocycles. The molecule has 0 aromatic heterocycles. The average Bonchev–Trinajstić information content (AvgIpc) is 2.38. The zero-order chi connectivity index (χ0) is 14.3. The molecule has 1 aromatic carbocycles. The molecule has 2 N–H and O–H groups in total. The van der Waals surface area contributed by atoms with Gasteiger partial charge in [-0.05, 0) is 31.4 Å². The van der Waals surface area contributed by atoms with E-state index in [1.54, 1.807) is 0 Å². The van der Waals surface area contributed by atoms with Crippen LogP contribution in [0.5, 0.6) is 0 Å². The number of carbonyl (C=O) groups is 1. The number of nitrogens with one attached hydrogen (secondary N) is 2. The van der Waals surface area contributed by atoms with Gasteiger partial charge < -0.3 is 10.6 Å². The minimum Gasteiger partial charge on any atom is -0.387 e. The second-order valence-corrected chi connectivity index (χ2v) is 5.49. The van der Waals surface area contributed by atoms with E-state index in [1.165, 1.54) is 6.42 Å². The first-order valence-electron chi connectivity index (χ1n) is 7.12. The lowest BCUT2D eigenvalue weighted by Crippen LogP contribution is -2.32. The van der Waals surface area contributed by atoms with Crippen molar-refractivity contribution in [2.75, 3.05) is 12.4 Å². The lowest BCUT2D eigenvalue weighted by Gasteiger charge is -2.16. The van der Waals surface area contributed by atoms with Crippen molar-refractivity contribution in [3.63, 3.8) is 0 Å². The van der Waals surface area contributed by atoms with Crippen LogP contribution in [0.3, 0.4) is 0 Å². The molecular formula is C16H26N2O. The number of benzene rings is 1. The van der Waals surface area contributed by atoms with Crippen LogP contribution in [0.4, 0.5) is 5.69 Å². The molecule has 0 spiro atoms. The Morgan fingerprint density at radius 3 is 2.47 bits per heavy atom. The molecule has 1 atom stereocenters. The number of hydrogen-bond donors (Lipinski definition) is 2. The summed E-state index contributed by atoms with van der Waals surface area (Å²) in [6, 6.07) is 7.80. The van der Waals surface area contributed by atoms with Crippen molar-refractivity contribution >= 4 is 11.6 Å². The third kappa shape index (κ3) is 5.33. The Kier molecular flexibility index (Phi) is 6.40. The van der Waals surface area contributed by atoms with Crippen molar-refractivity contribution < 1.29 is 4.79 Å². The van der Waals surface area contributed by atoms with Crippen LogP contribution in [0, 0.1) is 5.92 Å². The van der Waals surface area contributed by atoms with Gasteiger partial charge in [0, 0.05) is 18.8 Å². The first-order chi connectivity index (χ1) is 9.04. The monoisotopic (exact) mass is 262 g/mol. The van der Waals surface area contributed by atoms with Crippen LogP contribution in [0.25, 0.3) is 0 Å². The Bertz CT molecular complexity index is 401. The normalized spacial score (nSPS) is 12.3. The summed E-state index contributed by atoms with van der Waals surface area (Å²) in [4.78, 5) is 12.2. The smallest absolute Gasteiger partial charge is 0.253 e. The predicted octanol–water partition coefficient (Wildman–Crippen LogP) is 3.67. The summed E-state index contributed by atoms with van der Waals surface area (Å²) in [5.41, 5.74) is 1.58. The minimum atomic E-state index is 0.00185. The molecule has 1 amide bonds. The number of amides is 1. The fraction of sp³-hybridized carbons (Fsp3) is 0.562. The van der Waals surface area contributed by atoms with Crippen molar-refractivity contribution in [3.05, 3.63) is 29.8 Å². The van der Waals surface area contributed by atoms with Gasteiger partial charge in [0.05, 0.1) is 5.56 Å². The lowest BCUT2D eigenvalue weighted by atomic mass is 10.0. The summed E-state index contributed by atoms with van der Waals surface area (Å²) < 4.78 is 0. The minimum absolute atomic E-state index is 0.00185. The number of anilines is 1. The van der Waals surface area contributed by atoms with E-state index in [4.69, 9.17) is 0 Å². The highest BCUT2D eigenvalue weighted by atomic mass is 16.1. The van der Waals surface area contributed by atoms with Gasteiger partial charge in [0.15, 0.2) is 0 Å². The molecule has 19 heavy (non-hydrogen) atoms. The molecule has 0 saturated carbocycles. The van der Waals surface area contributed by atoms with Gasteiger partial charge in [-0.2, -0.15) is 0 Å². The molecule has 0 heterocycles. The molecule has 106 valence electrons. The molecule has 0 fully saturated rings. The van der Waals surface area contributed by atoms with Crippen LogP contribution in [-0.4, -0.2) is 19.0 Å². The second kappa shape index (κ2) is 7.82. The van der Waals surface area contributed by atoms with E-state index < -0.39 is 0 Å². The molecule has 0 saturated heterocycles. The topological polar surface area (TPSA) is 41.1 Å². The van der Waals surface area contributed by atoms with Crippen LogP contribution in [-0.2, 0) is 0 Å². The maximum absolute atomic E-state index is 12.2. The quantitative estimate of drug-likeness (QED) is 0.787. The third-order valence-corrected chi connectivity index (χ3v) is 3.24. The van der Waals surface area contributed by atoms with Crippen molar-refractivity contribution in [2.45, 2.75) is 46.1 Å². The largest absolute Gasteiger partial charge is 0.387 e. The van der Waals surface area contributed by atoms with Gasteiger partial charge in [-0.1, -0.05) is 38.8 Å². The standard InChI is InChI=1S/C16H26N2O/c1-12(2)8-7-9-13(3)18-16(19)14-10-5-6-11-15(14)17-4/h5-6,10-13,17H,7-9H2,1-4H3,(H,18,19). The Morgan fingerprint density at radius 1 is 1.16 bits per heavy atom. The Morgan fingerprint density at radius 2 is 1.84 bits per heavy atom. The van der Waals surface area contributed by atoms with Gasteiger partial charge >= 0.3 is 0 Å². The molecule has 1 unspecified atom stereocenters. The summed E-state index contributed by atoms with van der Waals surface area (Å²) in [5.74, 6) is 0.731. The van der Waals surface area contributed by atoms with Crippen LogP contribution < -0.4 is 10.6 Å². The van der Waals surface area contributed by atoms with Gasteiger partial charge in [-0.3, -0.25) is 4.79 Å². The summed E-state index contributed by atoms with van der Waals surface area (Å²) in [7, 11) is 1.83. The molecule has 1 rings (SSSR count). The summed E-state index contributed by atoms with van der Waals surface area (Å²) in [6.07, 6.45) is 3.41. The Hall–Kier alpha value is -1.51. The molecule has 0 bridgehead atoms. The van der Waals surface area contributed by atoms with E-state index in [0.717, 1.165) is 24.4 Å². The van der Waals surface area contributed by atoms with E-state index >= 15 is 0 Å². The van der Waals surface area contributed by atoms with E-state index in [2.05, 4.69) is 31.4 Å². The highest BCUT2D eigenvalue weighted by Gasteiger charge is 2.12. The molecule has 1 aromatic rings. The Balaban J connectivity index is 2.50. The maximum Gasteiger partial charge on any atom is 0.253 e. The number of para-hydroxylation sites is 1. The average molecular weight is 262 g/mol. The van der Waals surface area contributed by atoms with Crippen LogP contribution >= 0.6 is 0 Å². The molecule has 0 aliphatic rings. The molecule has 0 aliphatic carbocycles. The van der Waals surface area contributed by atoms with Crippen molar-refractivity contribution in [1.29, 1.82) is 0 Å². The summed E-state index contributed by atoms with van der Waals surface area (Å²) in [6.45, 7) is 6.53. The van der Waals surface area contributed by atoms with Gasteiger partial charge in [0.1, 0.15) is 0 Å². The first-order valence-corrected chi connectivity index (χ1v) is 7.12. The SMILES string of the molecule is CNc1ccccc1C(=O)NC(C)CCCC(C)C. The van der Waals surface area contributed by atoms with E-state index in [0.29, 0.717) is 5.56 Å². The van der Waals surface area contributed by atoms with Crippen LogP contribution in [0.1, 0.15) is 50.4 Å². The zero-order valence-electron chi connectivity index (χ0n) is 12.5. The maximum atomic E-state index is 12.2. The van der Waals surface area contributed by atoms with Gasteiger partial charge in [-0.15, -0.1) is 0 Å². The second-order valence-electron chi connectivity index (χ2n) is 5.49. The highest BCUT2D eigenvalue weighted by molar-refractivity contribution is 5.99. The van der Waals surface area contributed by atoms with Crippen LogP contribution in [0.2, 0.25) is 0 Å². The highest BCUT2D eigenvalue weighted by Crippen LogP contribution is 2.15. The van der Waals surface area contributed by atoms with Gasteiger partial charge in [0.2, 0.25) is 0 Å². The molecule has 0 radical (unpaired) electrons. The molecular weight excluding hydrogens is 236 g/mol. The van der Waals surface area contributed by atoms with Crippen LogP contribution in [0.15, 0.2) is 24.3 Å². The first kappa shape index (κ1) is 15.5. The predicted molar refractivity (Wildman–Crippen MR) is 81.6 cm³/mol. The number of rotatable bonds is 7. The fourth-order valence-electron chi connectivity index (χ4n) is 2.11. The fourth-order valence-corrected chi connectivity index (χ4v) is 2.11. The van der Waals surface area contributed by atoms with Crippen molar-refractivity contribution in [3.8, 4) is 0 Å². The Labute approximate surface area is 116 Å². The van der Waals surface area contributed by atoms with E-state index in [1.807, 2.05) is 31.3 Å². The van der Waals surface area contributed by atoms with Gasteiger partial charge in [0.25, 0.3) is 5.91 Å². The number of hydrogen-bond acceptors (Lipinski definition) is 2. The third-order valence-electron chi connectivity index (χ3n) is 3.24. The van der Waals surface area contributed by atoms with Crippen molar-refractivity contribution in [1.82, 2.24) is 5.32 Å². The summed E-state index contributed by atoms with van der Waals surface area (Å²) >= 11 is 0. The molecule has 3 nitrogen and oxygen atoms in total. The summed E-state index contributed by atoms with van der Waals surface area (Å²) in [5, 5.41) is 6.11. The van der Waals surface area contributed by atoms with Gasteiger partial charge in [-0.25, -0.2) is 0 Å². The van der Waals surface area contributed by atoms with Crippen molar-refractivity contribution in [2.24, 2.45) is 5.92 Å². The zero-order valence-corrected chi connectivity index (χ0v) is 12.5. The lowest BCUT2D eigenvalue weighted by molar-refractivity contribution is 0.0938. The molecule has 3 heteroatoms. The number of carbonyl (C=O) groups excluding carboxylic acids is 1.